The van der Waals surface area contributed by atoms with E-state index in [0.717, 1.165) is 43.4 Å². The van der Waals surface area contributed by atoms with Gasteiger partial charge in [-0.1, -0.05) is 18.9 Å². The number of rotatable bonds is 8. The third-order valence-electron chi connectivity index (χ3n) is 5.66. The summed E-state index contributed by atoms with van der Waals surface area (Å²) < 4.78 is 37.1. The van der Waals surface area contributed by atoms with Crippen molar-refractivity contribution < 1.29 is 27.8 Å². The molecule has 1 aliphatic carbocycles. The van der Waals surface area contributed by atoms with Crippen LogP contribution in [0.4, 0.5) is 14.5 Å². The van der Waals surface area contributed by atoms with Gasteiger partial charge in [-0.05, 0) is 42.7 Å². The minimum absolute atomic E-state index is 0.124. The Labute approximate surface area is 184 Å². The number of benzene rings is 2. The molecular weight excluding hydrogens is 420 g/mol. The van der Waals surface area contributed by atoms with Crippen molar-refractivity contribution >= 4 is 17.5 Å². The molecule has 170 valence electrons. The Balaban J connectivity index is 1.32. The summed E-state index contributed by atoms with van der Waals surface area (Å²) in [7, 11) is 0. The topological polar surface area (TPSA) is 79.9 Å². The van der Waals surface area contributed by atoms with E-state index in [1.54, 1.807) is 0 Å². The highest BCUT2D eigenvalue weighted by atomic mass is 19.2. The number of nitrogens with zero attached hydrogens (tertiary/aromatic N) is 1. The van der Waals surface area contributed by atoms with Gasteiger partial charge in [0.05, 0.1) is 13.1 Å². The van der Waals surface area contributed by atoms with Crippen molar-refractivity contribution in [1.82, 2.24) is 10.2 Å². The fourth-order valence-corrected chi connectivity index (χ4v) is 4.06. The summed E-state index contributed by atoms with van der Waals surface area (Å²) in [6.07, 6.45) is 4.30. The van der Waals surface area contributed by atoms with E-state index < -0.39 is 17.5 Å². The third kappa shape index (κ3) is 5.53. The molecule has 0 radical (unpaired) electrons. The van der Waals surface area contributed by atoms with Crippen LogP contribution in [0.2, 0.25) is 0 Å². The molecule has 2 aromatic carbocycles. The molecule has 2 amide bonds. The van der Waals surface area contributed by atoms with E-state index in [2.05, 4.69) is 15.5 Å². The van der Waals surface area contributed by atoms with Crippen LogP contribution in [-0.2, 0) is 16.1 Å². The number of hydrogen-bond donors (Lipinski definition) is 2. The molecule has 0 spiro atoms. The second kappa shape index (κ2) is 9.95. The van der Waals surface area contributed by atoms with E-state index in [-0.39, 0.29) is 31.5 Å². The lowest BCUT2D eigenvalue weighted by Crippen LogP contribution is -2.43. The van der Waals surface area contributed by atoms with E-state index in [4.69, 9.17) is 9.47 Å². The third-order valence-corrected chi connectivity index (χ3v) is 5.66. The lowest BCUT2D eigenvalue weighted by molar-refractivity contribution is -0.125. The van der Waals surface area contributed by atoms with Gasteiger partial charge in [0.25, 0.3) is 0 Å². The number of nitrogens with one attached hydrogen (secondary N) is 2. The van der Waals surface area contributed by atoms with Gasteiger partial charge in [-0.25, -0.2) is 8.78 Å². The molecule has 1 saturated carbocycles. The summed E-state index contributed by atoms with van der Waals surface area (Å²) in [4.78, 5) is 26.7. The fraction of sp³-hybridized carbons (Fsp3) is 0.391. The smallest absolute Gasteiger partial charge is 0.243 e. The van der Waals surface area contributed by atoms with Gasteiger partial charge in [-0.3, -0.25) is 14.5 Å². The largest absolute Gasteiger partial charge is 0.454 e. The Morgan fingerprint density at radius 3 is 2.53 bits per heavy atom. The standard InChI is InChI=1S/C23H25F2N3O4/c24-18-7-6-16(10-19(18)25)27-22(29)11-26-23(30)13-28(17-3-1-2-4-17)12-15-5-8-20-21(9-15)32-14-31-20/h5-10,17H,1-4,11-14H2,(H,26,30)(H,27,29). The zero-order valence-electron chi connectivity index (χ0n) is 17.5. The van der Waals surface area contributed by atoms with Crippen LogP contribution in [0.3, 0.4) is 0 Å². The van der Waals surface area contributed by atoms with E-state index in [9.17, 15) is 18.4 Å². The predicted molar refractivity (Wildman–Crippen MR) is 113 cm³/mol. The Hall–Kier alpha value is -3.20. The number of fused-ring (bicyclic) bond motifs is 1. The second-order valence-electron chi connectivity index (χ2n) is 7.98. The molecule has 4 rings (SSSR count). The van der Waals surface area contributed by atoms with E-state index in [0.29, 0.717) is 24.1 Å². The van der Waals surface area contributed by atoms with E-state index in [1.807, 2.05) is 18.2 Å². The summed E-state index contributed by atoms with van der Waals surface area (Å²) in [6.45, 7) is 0.674. The van der Waals surface area contributed by atoms with Crippen molar-refractivity contribution in [2.45, 2.75) is 38.3 Å². The highest BCUT2D eigenvalue weighted by Crippen LogP contribution is 2.33. The summed E-state index contributed by atoms with van der Waals surface area (Å²) in [5.74, 6) is -1.43. The molecule has 7 nitrogen and oxygen atoms in total. The van der Waals surface area contributed by atoms with Crippen molar-refractivity contribution in [2.75, 3.05) is 25.2 Å². The minimum Gasteiger partial charge on any atom is -0.454 e. The first-order chi connectivity index (χ1) is 15.5. The minimum atomic E-state index is -1.05. The SMILES string of the molecule is O=C(CN(Cc1ccc2c(c1)OCO2)C1CCCC1)NCC(=O)Nc1ccc(F)c(F)c1. The van der Waals surface area contributed by atoms with Crippen LogP contribution in [0.15, 0.2) is 36.4 Å². The maximum absolute atomic E-state index is 13.3. The summed E-state index contributed by atoms with van der Waals surface area (Å²) >= 11 is 0. The number of hydrogen-bond acceptors (Lipinski definition) is 5. The summed E-state index contributed by atoms with van der Waals surface area (Å²) in [5, 5.41) is 5.04. The average molecular weight is 445 g/mol. The first kappa shape index (κ1) is 22.0. The van der Waals surface area contributed by atoms with Gasteiger partial charge >= 0.3 is 0 Å². The molecule has 0 saturated heterocycles. The first-order valence-electron chi connectivity index (χ1n) is 10.6. The van der Waals surface area contributed by atoms with Crippen LogP contribution in [0, 0.1) is 11.6 Å². The van der Waals surface area contributed by atoms with Gasteiger partial charge in [-0.15, -0.1) is 0 Å². The van der Waals surface area contributed by atoms with Crippen LogP contribution < -0.4 is 20.1 Å². The molecular formula is C23H25F2N3O4. The van der Waals surface area contributed by atoms with Crippen LogP contribution in [0.5, 0.6) is 11.5 Å². The molecule has 1 heterocycles. The second-order valence-corrected chi connectivity index (χ2v) is 7.98. The maximum atomic E-state index is 13.3. The first-order valence-corrected chi connectivity index (χ1v) is 10.6. The summed E-state index contributed by atoms with van der Waals surface area (Å²) in [5.41, 5.74) is 1.14. The average Bonchev–Trinajstić information content (AvgIpc) is 3.46. The zero-order valence-corrected chi connectivity index (χ0v) is 17.5. The monoisotopic (exact) mass is 445 g/mol. The maximum Gasteiger partial charge on any atom is 0.243 e. The van der Waals surface area contributed by atoms with Crippen LogP contribution >= 0.6 is 0 Å². The molecule has 2 aliphatic rings. The van der Waals surface area contributed by atoms with Gasteiger partial charge in [0, 0.05) is 24.3 Å². The lowest BCUT2D eigenvalue weighted by atomic mass is 10.1. The van der Waals surface area contributed by atoms with Crippen molar-refractivity contribution in [3.8, 4) is 11.5 Å². The normalized spacial score (nSPS) is 15.2. The lowest BCUT2D eigenvalue weighted by Gasteiger charge is -2.28. The molecule has 1 aliphatic heterocycles. The molecule has 0 aromatic heterocycles. The molecule has 32 heavy (non-hydrogen) atoms. The van der Waals surface area contributed by atoms with E-state index in [1.165, 1.54) is 6.07 Å². The van der Waals surface area contributed by atoms with Gasteiger partial charge in [0.2, 0.25) is 18.6 Å². The fourth-order valence-electron chi connectivity index (χ4n) is 4.06. The number of carbonyl (C=O) groups is 2. The van der Waals surface area contributed by atoms with Crippen molar-refractivity contribution in [3.05, 3.63) is 53.6 Å². The number of carbonyl (C=O) groups excluding carboxylic acids is 2. The molecule has 0 bridgehead atoms. The van der Waals surface area contributed by atoms with Gasteiger partial charge in [0.1, 0.15) is 0 Å². The van der Waals surface area contributed by atoms with Gasteiger partial charge < -0.3 is 20.1 Å². The van der Waals surface area contributed by atoms with Gasteiger partial charge in [-0.2, -0.15) is 0 Å². The van der Waals surface area contributed by atoms with Crippen LogP contribution in [-0.4, -0.2) is 42.6 Å². The Bertz CT molecular complexity index is 995. The Morgan fingerprint density at radius 1 is 0.969 bits per heavy atom. The number of halogens is 2. The molecule has 2 aromatic rings. The number of ether oxygens (including phenoxy) is 2. The molecule has 0 atom stereocenters. The Morgan fingerprint density at radius 2 is 1.75 bits per heavy atom. The van der Waals surface area contributed by atoms with Crippen LogP contribution in [0.25, 0.3) is 0 Å². The zero-order chi connectivity index (χ0) is 22.5. The highest BCUT2D eigenvalue weighted by Gasteiger charge is 2.25. The van der Waals surface area contributed by atoms with E-state index >= 15 is 0 Å². The number of amides is 2. The molecule has 0 unspecified atom stereocenters. The molecule has 9 heteroatoms. The number of anilines is 1. The van der Waals surface area contributed by atoms with Crippen molar-refractivity contribution in [2.24, 2.45) is 0 Å². The quantitative estimate of drug-likeness (QED) is 0.653. The summed E-state index contributed by atoms with van der Waals surface area (Å²) in [6, 6.07) is 9.13. The molecule has 1 fully saturated rings. The van der Waals surface area contributed by atoms with Gasteiger partial charge in [0.15, 0.2) is 23.1 Å². The van der Waals surface area contributed by atoms with Crippen molar-refractivity contribution in [1.29, 1.82) is 0 Å². The predicted octanol–water partition coefficient (Wildman–Crippen LogP) is 3.19. The van der Waals surface area contributed by atoms with Crippen molar-refractivity contribution in [3.63, 3.8) is 0 Å². The highest BCUT2D eigenvalue weighted by molar-refractivity contribution is 5.94. The Kier molecular flexibility index (Phi) is 6.84. The van der Waals surface area contributed by atoms with Crippen LogP contribution in [0.1, 0.15) is 31.2 Å². The molecule has 2 N–H and O–H groups in total.